The molecule has 118 valence electrons. The van der Waals surface area contributed by atoms with Crippen molar-refractivity contribution in [3.8, 4) is 6.07 Å². The summed E-state index contributed by atoms with van der Waals surface area (Å²) in [7, 11) is -3.62. The van der Waals surface area contributed by atoms with E-state index >= 15 is 0 Å². The highest BCUT2D eigenvalue weighted by Gasteiger charge is 2.36. The van der Waals surface area contributed by atoms with Gasteiger partial charge in [0.2, 0.25) is 10.0 Å². The first-order chi connectivity index (χ1) is 10.3. The monoisotopic (exact) mass is 322 g/mol. The van der Waals surface area contributed by atoms with Gasteiger partial charge in [0.15, 0.2) is 0 Å². The van der Waals surface area contributed by atoms with Gasteiger partial charge in [0.25, 0.3) is 0 Å². The lowest BCUT2D eigenvalue weighted by Gasteiger charge is -2.35. The molecule has 1 saturated heterocycles. The highest BCUT2D eigenvalue weighted by molar-refractivity contribution is 7.88. The summed E-state index contributed by atoms with van der Waals surface area (Å²) in [4.78, 5) is 11.1. The quantitative estimate of drug-likeness (QED) is 0.907. The van der Waals surface area contributed by atoms with Crippen molar-refractivity contribution in [2.75, 3.05) is 6.54 Å². The SMILES string of the molecule is CC1CCC(C(=O)O)CN1S(=O)(=O)Cc1cccc(C#N)c1. The summed E-state index contributed by atoms with van der Waals surface area (Å²) in [6.45, 7) is 1.80. The van der Waals surface area contributed by atoms with Crippen LogP contribution in [0.4, 0.5) is 0 Å². The van der Waals surface area contributed by atoms with E-state index in [0.29, 0.717) is 24.0 Å². The third-order valence-electron chi connectivity index (χ3n) is 3.94. The van der Waals surface area contributed by atoms with E-state index in [9.17, 15) is 13.2 Å². The second kappa shape index (κ2) is 6.46. The van der Waals surface area contributed by atoms with Gasteiger partial charge in [-0.1, -0.05) is 12.1 Å². The number of carboxylic acids is 1. The standard InChI is InChI=1S/C15H18N2O4S/c1-11-5-6-14(15(18)19)9-17(11)22(20,21)10-13-4-2-3-12(7-13)8-16/h2-4,7,11,14H,5-6,9-10H2,1H3,(H,18,19). The number of nitrogens with zero attached hydrogens (tertiary/aromatic N) is 2. The average molecular weight is 322 g/mol. The predicted molar refractivity (Wildman–Crippen MR) is 80.3 cm³/mol. The lowest BCUT2D eigenvalue weighted by molar-refractivity contribution is -0.143. The van der Waals surface area contributed by atoms with Gasteiger partial charge in [0, 0.05) is 12.6 Å². The van der Waals surface area contributed by atoms with E-state index in [1.54, 1.807) is 31.2 Å². The second-order valence-electron chi connectivity index (χ2n) is 5.60. The largest absolute Gasteiger partial charge is 0.481 e. The molecule has 0 aromatic heterocycles. The first-order valence-corrected chi connectivity index (χ1v) is 8.66. The minimum absolute atomic E-state index is 0.0107. The van der Waals surface area contributed by atoms with Crippen LogP contribution in [0.5, 0.6) is 0 Å². The van der Waals surface area contributed by atoms with Crippen molar-refractivity contribution < 1.29 is 18.3 Å². The third kappa shape index (κ3) is 3.64. The number of hydrogen-bond acceptors (Lipinski definition) is 4. The van der Waals surface area contributed by atoms with E-state index < -0.39 is 21.9 Å². The van der Waals surface area contributed by atoms with Crippen LogP contribution in [0, 0.1) is 17.2 Å². The number of piperidine rings is 1. The molecule has 1 fully saturated rings. The molecule has 2 rings (SSSR count). The zero-order valence-corrected chi connectivity index (χ0v) is 13.1. The number of nitriles is 1. The van der Waals surface area contributed by atoms with Crippen molar-refractivity contribution in [3.63, 3.8) is 0 Å². The van der Waals surface area contributed by atoms with Crippen LogP contribution >= 0.6 is 0 Å². The number of rotatable bonds is 4. The van der Waals surface area contributed by atoms with Crippen molar-refractivity contribution in [2.45, 2.75) is 31.6 Å². The van der Waals surface area contributed by atoms with E-state index in [-0.39, 0.29) is 18.3 Å². The number of carboxylic acid groups (broad SMARTS) is 1. The van der Waals surface area contributed by atoms with Crippen LogP contribution in [0.15, 0.2) is 24.3 Å². The molecule has 1 aromatic rings. The van der Waals surface area contributed by atoms with Gasteiger partial charge in [-0.25, -0.2) is 8.42 Å². The van der Waals surface area contributed by atoms with Gasteiger partial charge < -0.3 is 5.11 Å². The molecule has 1 N–H and O–H groups in total. The van der Waals surface area contributed by atoms with Crippen molar-refractivity contribution in [1.29, 1.82) is 5.26 Å². The molecule has 1 aliphatic heterocycles. The Hall–Kier alpha value is -1.91. The van der Waals surface area contributed by atoms with Crippen LogP contribution in [0.1, 0.15) is 30.9 Å². The normalized spacial score (nSPS) is 22.9. The summed E-state index contributed by atoms with van der Waals surface area (Å²) in [5, 5.41) is 18.0. The summed E-state index contributed by atoms with van der Waals surface area (Å²) >= 11 is 0. The Morgan fingerprint density at radius 1 is 1.45 bits per heavy atom. The summed E-state index contributed by atoms with van der Waals surface area (Å²) in [6, 6.07) is 8.22. The van der Waals surface area contributed by atoms with Gasteiger partial charge >= 0.3 is 5.97 Å². The number of benzene rings is 1. The molecule has 0 aliphatic carbocycles. The third-order valence-corrected chi connectivity index (χ3v) is 5.86. The Morgan fingerprint density at radius 3 is 2.82 bits per heavy atom. The highest BCUT2D eigenvalue weighted by atomic mass is 32.2. The van der Waals surface area contributed by atoms with E-state index in [2.05, 4.69) is 0 Å². The fraction of sp³-hybridized carbons (Fsp3) is 0.467. The van der Waals surface area contributed by atoms with Crippen LogP contribution in [-0.4, -0.2) is 36.4 Å². The summed E-state index contributed by atoms with van der Waals surface area (Å²) in [5.41, 5.74) is 0.937. The fourth-order valence-electron chi connectivity index (χ4n) is 2.69. The molecule has 1 aromatic carbocycles. The molecular formula is C15H18N2O4S. The van der Waals surface area contributed by atoms with Gasteiger partial charge in [-0.15, -0.1) is 0 Å². The molecule has 0 radical (unpaired) electrons. The van der Waals surface area contributed by atoms with Crippen LogP contribution in [0.3, 0.4) is 0 Å². The molecule has 1 heterocycles. The van der Waals surface area contributed by atoms with Crippen molar-refractivity contribution >= 4 is 16.0 Å². The first kappa shape index (κ1) is 16.5. The van der Waals surface area contributed by atoms with E-state index in [1.807, 2.05) is 6.07 Å². The summed E-state index contributed by atoms with van der Waals surface area (Å²) < 4.78 is 26.5. The van der Waals surface area contributed by atoms with E-state index in [4.69, 9.17) is 10.4 Å². The molecule has 2 atom stereocenters. The second-order valence-corrected chi connectivity index (χ2v) is 7.52. The molecule has 0 bridgehead atoms. The van der Waals surface area contributed by atoms with Gasteiger partial charge in [0.05, 0.1) is 23.3 Å². The van der Waals surface area contributed by atoms with Crippen molar-refractivity contribution in [1.82, 2.24) is 4.31 Å². The Labute approximate surface area is 130 Å². The van der Waals surface area contributed by atoms with Crippen LogP contribution in [-0.2, 0) is 20.6 Å². The van der Waals surface area contributed by atoms with Crippen LogP contribution < -0.4 is 0 Å². The van der Waals surface area contributed by atoms with Gasteiger partial charge in [-0.05, 0) is 37.5 Å². The van der Waals surface area contributed by atoms with Crippen LogP contribution in [0.25, 0.3) is 0 Å². The van der Waals surface area contributed by atoms with Gasteiger partial charge in [-0.3, -0.25) is 4.79 Å². The maximum absolute atomic E-state index is 12.6. The molecule has 7 heteroatoms. The van der Waals surface area contributed by atoms with E-state index in [1.165, 1.54) is 4.31 Å². The van der Waals surface area contributed by atoms with Crippen molar-refractivity contribution in [3.05, 3.63) is 35.4 Å². The first-order valence-electron chi connectivity index (χ1n) is 7.05. The zero-order valence-electron chi connectivity index (χ0n) is 12.3. The predicted octanol–water partition coefficient (Wildman–Crippen LogP) is 1.57. The molecule has 6 nitrogen and oxygen atoms in total. The molecule has 1 aliphatic rings. The maximum atomic E-state index is 12.6. The zero-order chi connectivity index (χ0) is 16.3. The number of aliphatic carboxylic acids is 1. The smallest absolute Gasteiger partial charge is 0.307 e. The van der Waals surface area contributed by atoms with Crippen molar-refractivity contribution in [2.24, 2.45) is 5.92 Å². The topological polar surface area (TPSA) is 98.5 Å². The minimum atomic E-state index is -3.62. The Bertz CT molecular complexity index is 708. The molecule has 2 unspecified atom stereocenters. The fourth-order valence-corrected chi connectivity index (χ4v) is 4.52. The molecular weight excluding hydrogens is 304 g/mol. The Morgan fingerprint density at radius 2 is 2.18 bits per heavy atom. The average Bonchev–Trinajstić information content (AvgIpc) is 2.47. The lowest BCUT2D eigenvalue weighted by Crippen LogP contribution is -2.47. The highest BCUT2D eigenvalue weighted by Crippen LogP contribution is 2.26. The maximum Gasteiger partial charge on any atom is 0.307 e. The molecule has 22 heavy (non-hydrogen) atoms. The number of carbonyl (C=O) groups is 1. The Balaban J connectivity index is 2.21. The lowest BCUT2D eigenvalue weighted by atomic mass is 9.96. The summed E-state index contributed by atoms with van der Waals surface area (Å²) in [5.74, 6) is -1.84. The summed E-state index contributed by atoms with van der Waals surface area (Å²) in [6.07, 6.45) is 1.03. The molecule has 0 amide bonds. The molecule has 0 spiro atoms. The Kier molecular flexibility index (Phi) is 4.84. The molecule has 0 saturated carbocycles. The van der Waals surface area contributed by atoms with Crippen LogP contribution in [0.2, 0.25) is 0 Å². The number of hydrogen-bond donors (Lipinski definition) is 1. The van der Waals surface area contributed by atoms with Gasteiger partial charge in [-0.2, -0.15) is 9.57 Å². The minimum Gasteiger partial charge on any atom is -0.481 e. The van der Waals surface area contributed by atoms with Gasteiger partial charge in [0.1, 0.15) is 0 Å². The number of sulfonamides is 1. The van der Waals surface area contributed by atoms with E-state index in [0.717, 1.165) is 0 Å².